The second-order valence-corrected chi connectivity index (χ2v) is 4.44. The molecule has 0 saturated carbocycles. The number of benzene rings is 1. The Bertz CT molecular complexity index is 673. The van der Waals surface area contributed by atoms with Gasteiger partial charge < -0.3 is 15.4 Å². The van der Waals surface area contributed by atoms with E-state index in [-0.39, 0.29) is 11.3 Å². The molecule has 0 spiro atoms. The van der Waals surface area contributed by atoms with Gasteiger partial charge in [-0.3, -0.25) is 10.1 Å². The minimum Gasteiger partial charge on any atom is -0.465 e. The van der Waals surface area contributed by atoms with E-state index < -0.39 is 10.9 Å². The van der Waals surface area contributed by atoms with Crippen LogP contribution >= 0.6 is 0 Å². The molecule has 0 aliphatic heterocycles. The molecule has 120 valence electrons. The van der Waals surface area contributed by atoms with E-state index in [9.17, 15) is 14.9 Å². The van der Waals surface area contributed by atoms with Crippen LogP contribution in [0.25, 0.3) is 0 Å². The molecule has 2 N–H and O–H groups in total. The lowest BCUT2D eigenvalue weighted by Crippen LogP contribution is -2.15. The number of hydrogen-bond acceptors (Lipinski definition) is 8. The molecule has 0 aliphatic rings. The minimum absolute atomic E-state index is 0.0489. The van der Waals surface area contributed by atoms with Crippen molar-refractivity contribution < 1.29 is 14.5 Å². The van der Waals surface area contributed by atoms with E-state index in [1.165, 1.54) is 31.6 Å². The van der Waals surface area contributed by atoms with Crippen LogP contribution in [-0.2, 0) is 4.74 Å². The number of methoxy groups -OCH3 is 1. The van der Waals surface area contributed by atoms with Crippen LogP contribution in [0.5, 0.6) is 0 Å². The predicted molar refractivity (Wildman–Crippen MR) is 83.4 cm³/mol. The van der Waals surface area contributed by atoms with Crippen LogP contribution in [0.2, 0.25) is 0 Å². The third-order valence-corrected chi connectivity index (χ3v) is 2.89. The van der Waals surface area contributed by atoms with Crippen LogP contribution < -0.4 is 10.6 Å². The van der Waals surface area contributed by atoms with E-state index in [0.717, 1.165) is 5.69 Å². The van der Waals surface area contributed by atoms with Crippen molar-refractivity contribution in [3.63, 3.8) is 0 Å². The number of nitrogens with one attached hydrogen (secondary N) is 2. The molecule has 23 heavy (non-hydrogen) atoms. The summed E-state index contributed by atoms with van der Waals surface area (Å²) < 4.78 is 4.56. The number of aromatic nitrogens is 2. The molecule has 0 atom stereocenters. The van der Waals surface area contributed by atoms with Crippen molar-refractivity contribution in [1.29, 1.82) is 0 Å². The molecule has 0 bridgehead atoms. The largest absolute Gasteiger partial charge is 0.465 e. The number of ether oxygens (including phenoxy) is 1. The highest BCUT2D eigenvalue weighted by Gasteiger charge is 2.06. The van der Waals surface area contributed by atoms with Crippen molar-refractivity contribution in [3.05, 3.63) is 52.3 Å². The minimum atomic E-state index is -0.489. The van der Waals surface area contributed by atoms with Gasteiger partial charge >= 0.3 is 5.97 Å². The first kappa shape index (κ1) is 16.1. The molecule has 2 rings (SSSR count). The Morgan fingerprint density at radius 1 is 1.17 bits per heavy atom. The number of non-ortho nitro benzene ring substituents is 1. The van der Waals surface area contributed by atoms with Crippen LogP contribution in [-0.4, -0.2) is 41.1 Å². The van der Waals surface area contributed by atoms with Crippen molar-refractivity contribution >= 4 is 23.3 Å². The molecule has 1 aromatic carbocycles. The number of carbonyl (C=O) groups excluding carboxylic acids is 1. The molecule has 2 aromatic rings. The number of anilines is 2. The van der Waals surface area contributed by atoms with Gasteiger partial charge in [-0.2, -0.15) is 0 Å². The van der Waals surface area contributed by atoms with Crippen molar-refractivity contribution in [3.8, 4) is 0 Å². The van der Waals surface area contributed by atoms with Gasteiger partial charge in [0.15, 0.2) is 0 Å². The molecular weight excluding hydrogens is 302 g/mol. The van der Waals surface area contributed by atoms with E-state index in [2.05, 4.69) is 25.3 Å². The van der Waals surface area contributed by atoms with Crippen LogP contribution in [0, 0.1) is 10.1 Å². The number of hydrogen-bond donors (Lipinski definition) is 2. The molecule has 0 fully saturated rings. The van der Waals surface area contributed by atoms with Crippen LogP contribution in [0.1, 0.15) is 10.4 Å². The molecule has 1 heterocycles. The van der Waals surface area contributed by atoms with Gasteiger partial charge in [0.25, 0.3) is 5.69 Å². The monoisotopic (exact) mass is 317 g/mol. The first-order chi connectivity index (χ1) is 11.1. The quantitative estimate of drug-likeness (QED) is 0.343. The lowest BCUT2D eigenvalue weighted by atomic mass is 10.3. The summed E-state index contributed by atoms with van der Waals surface area (Å²) in [5.41, 5.74) is 1.11. The second-order valence-electron chi connectivity index (χ2n) is 4.44. The van der Waals surface area contributed by atoms with Crippen molar-refractivity contribution in [2.75, 3.05) is 30.8 Å². The Morgan fingerprint density at radius 2 is 1.78 bits per heavy atom. The predicted octanol–water partition coefficient (Wildman–Crippen LogP) is 1.70. The van der Waals surface area contributed by atoms with E-state index >= 15 is 0 Å². The van der Waals surface area contributed by atoms with Crippen molar-refractivity contribution in [1.82, 2.24) is 9.97 Å². The Hall–Kier alpha value is -3.23. The molecule has 9 heteroatoms. The zero-order valence-electron chi connectivity index (χ0n) is 12.4. The van der Waals surface area contributed by atoms with Crippen LogP contribution in [0.4, 0.5) is 17.3 Å². The first-order valence-corrected chi connectivity index (χ1v) is 6.72. The lowest BCUT2D eigenvalue weighted by Gasteiger charge is -2.07. The summed E-state index contributed by atoms with van der Waals surface area (Å²) in [5, 5.41) is 16.6. The lowest BCUT2D eigenvalue weighted by molar-refractivity contribution is -0.384. The zero-order valence-corrected chi connectivity index (χ0v) is 12.4. The van der Waals surface area contributed by atoms with E-state index in [1.54, 1.807) is 12.1 Å². The van der Waals surface area contributed by atoms with Gasteiger partial charge in [-0.15, -0.1) is 0 Å². The summed E-state index contributed by atoms with van der Waals surface area (Å²) >= 11 is 0. The molecule has 0 unspecified atom stereocenters. The van der Waals surface area contributed by atoms with Crippen molar-refractivity contribution in [2.24, 2.45) is 0 Å². The molecule has 1 aromatic heterocycles. The van der Waals surface area contributed by atoms with E-state index in [0.29, 0.717) is 19.0 Å². The van der Waals surface area contributed by atoms with Crippen LogP contribution in [0.3, 0.4) is 0 Å². The fourth-order valence-electron chi connectivity index (χ4n) is 1.72. The Balaban J connectivity index is 1.76. The highest BCUT2D eigenvalue weighted by molar-refractivity contribution is 5.88. The van der Waals surface area contributed by atoms with Crippen LogP contribution in [0.15, 0.2) is 36.7 Å². The summed E-state index contributed by atoms with van der Waals surface area (Å²) in [4.78, 5) is 29.3. The van der Waals surface area contributed by atoms with Gasteiger partial charge in [-0.25, -0.2) is 14.8 Å². The maximum atomic E-state index is 11.2. The average Bonchev–Trinajstić information content (AvgIpc) is 2.59. The van der Waals surface area contributed by atoms with Gasteiger partial charge in [0, 0.05) is 43.3 Å². The molecule has 0 radical (unpaired) electrons. The Labute approximate surface area is 131 Å². The summed E-state index contributed by atoms with van der Waals surface area (Å²) in [7, 11) is 1.29. The fraction of sp³-hybridized carbons (Fsp3) is 0.214. The number of nitrogens with zero attached hydrogens (tertiary/aromatic N) is 3. The summed E-state index contributed by atoms with van der Waals surface area (Å²) in [6, 6.07) is 6.15. The summed E-state index contributed by atoms with van der Waals surface area (Å²) in [6.07, 6.45) is 2.76. The number of nitro groups is 1. The van der Waals surface area contributed by atoms with Gasteiger partial charge in [-0.05, 0) is 12.1 Å². The topological polar surface area (TPSA) is 119 Å². The molecule has 9 nitrogen and oxygen atoms in total. The maximum absolute atomic E-state index is 11.2. The second kappa shape index (κ2) is 7.69. The standard InChI is InChI=1S/C14H15N5O4/c1-23-13(20)10-8-17-14(18-9-10)16-7-6-15-11-2-4-12(5-3-11)19(21)22/h2-5,8-9,15H,6-7H2,1H3,(H,16,17,18). The van der Waals surface area contributed by atoms with E-state index in [1.807, 2.05) is 0 Å². The highest BCUT2D eigenvalue weighted by atomic mass is 16.6. The number of esters is 1. The SMILES string of the molecule is COC(=O)c1cnc(NCCNc2ccc([N+](=O)[O-])cc2)nc1. The third-order valence-electron chi connectivity index (χ3n) is 2.89. The van der Waals surface area contributed by atoms with Crippen molar-refractivity contribution in [2.45, 2.75) is 0 Å². The number of nitro benzene ring substituents is 1. The summed E-state index contributed by atoms with van der Waals surface area (Å²) in [5.74, 6) is -0.0976. The van der Waals surface area contributed by atoms with Gasteiger partial charge in [0.2, 0.25) is 5.95 Å². The van der Waals surface area contributed by atoms with Gasteiger partial charge in [-0.1, -0.05) is 0 Å². The normalized spacial score (nSPS) is 9.96. The Kier molecular flexibility index (Phi) is 5.40. The smallest absolute Gasteiger partial charge is 0.341 e. The maximum Gasteiger partial charge on any atom is 0.341 e. The Morgan fingerprint density at radius 3 is 2.35 bits per heavy atom. The molecule has 0 amide bonds. The molecule has 0 aliphatic carbocycles. The van der Waals surface area contributed by atoms with Gasteiger partial charge in [0.05, 0.1) is 17.6 Å². The van der Waals surface area contributed by atoms with E-state index in [4.69, 9.17) is 0 Å². The number of carbonyl (C=O) groups is 1. The highest BCUT2D eigenvalue weighted by Crippen LogP contribution is 2.14. The zero-order chi connectivity index (χ0) is 16.7. The molecular formula is C14H15N5O4. The average molecular weight is 317 g/mol. The first-order valence-electron chi connectivity index (χ1n) is 6.72. The fourth-order valence-corrected chi connectivity index (χ4v) is 1.72. The van der Waals surface area contributed by atoms with Gasteiger partial charge in [0.1, 0.15) is 0 Å². The summed E-state index contributed by atoms with van der Waals surface area (Å²) in [6.45, 7) is 1.11. The number of rotatable bonds is 7. The third kappa shape index (κ3) is 4.63. The molecule has 0 saturated heterocycles.